The first-order valence-corrected chi connectivity index (χ1v) is 6.69. The number of para-hydroxylation sites is 1. The first kappa shape index (κ1) is 12.9. The molecule has 3 rings (SSSR count). The van der Waals surface area contributed by atoms with Crippen molar-refractivity contribution in [2.45, 2.75) is 31.8 Å². The van der Waals surface area contributed by atoms with E-state index in [2.05, 4.69) is 10.2 Å². The average Bonchev–Trinajstić information content (AvgIpc) is 2.49. The van der Waals surface area contributed by atoms with Crippen molar-refractivity contribution >= 4 is 0 Å². The Morgan fingerprint density at radius 2 is 2.10 bits per heavy atom. The van der Waals surface area contributed by atoms with E-state index in [0.717, 1.165) is 42.1 Å². The molecular formula is C14H17N3O3. The number of benzene rings is 1. The van der Waals surface area contributed by atoms with Crippen molar-refractivity contribution in [3.05, 3.63) is 35.2 Å². The van der Waals surface area contributed by atoms with Gasteiger partial charge in [0.15, 0.2) is 17.7 Å². The van der Waals surface area contributed by atoms with Gasteiger partial charge in [0.25, 0.3) is 0 Å². The smallest absolute Gasteiger partial charge is 0.195 e. The zero-order chi connectivity index (χ0) is 14.1. The van der Waals surface area contributed by atoms with E-state index in [1.807, 2.05) is 0 Å². The summed E-state index contributed by atoms with van der Waals surface area (Å²) in [6.45, 7) is 0. The molecular weight excluding hydrogens is 258 g/mol. The molecule has 2 N–H and O–H groups in total. The molecule has 6 heteroatoms. The molecule has 1 aliphatic heterocycles. The van der Waals surface area contributed by atoms with Crippen LogP contribution in [0.2, 0.25) is 0 Å². The molecule has 0 saturated heterocycles. The minimum Gasteiger partial charge on any atom is -0.504 e. The Bertz CT molecular complexity index is 583. The minimum absolute atomic E-state index is 0.0159. The SMILES string of the molecule is COc1cccc(C2N=NC3=C(CCCC3)N2O)c1O. The van der Waals surface area contributed by atoms with E-state index in [4.69, 9.17) is 4.74 Å². The number of aromatic hydroxyl groups is 1. The molecule has 0 spiro atoms. The van der Waals surface area contributed by atoms with Crippen LogP contribution in [0.15, 0.2) is 39.8 Å². The van der Waals surface area contributed by atoms with Crippen molar-refractivity contribution in [2.75, 3.05) is 7.11 Å². The van der Waals surface area contributed by atoms with Crippen molar-refractivity contribution in [1.82, 2.24) is 5.06 Å². The summed E-state index contributed by atoms with van der Waals surface area (Å²) in [6, 6.07) is 5.12. The van der Waals surface area contributed by atoms with Gasteiger partial charge in [0.2, 0.25) is 0 Å². The van der Waals surface area contributed by atoms with Crippen LogP contribution in [0.4, 0.5) is 0 Å². The van der Waals surface area contributed by atoms with Crippen LogP contribution in [0.25, 0.3) is 0 Å². The van der Waals surface area contributed by atoms with Crippen molar-refractivity contribution < 1.29 is 15.1 Å². The highest BCUT2D eigenvalue weighted by molar-refractivity contribution is 5.47. The molecule has 1 aromatic carbocycles. The molecule has 1 aromatic rings. The van der Waals surface area contributed by atoms with E-state index in [1.54, 1.807) is 18.2 Å². The fourth-order valence-corrected chi connectivity index (χ4v) is 2.66. The third-order valence-electron chi connectivity index (χ3n) is 3.73. The van der Waals surface area contributed by atoms with Crippen LogP contribution in [-0.4, -0.2) is 22.5 Å². The molecule has 0 saturated carbocycles. The summed E-state index contributed by atoms with van der Waals surface area (Å²) in [5.41, 5.74) is 2.13. The quantitative estimate of drug-likeness (QED) is 0.867. The maximum atomic E-state index is 10.4. The van der Waals surface area contributed by atoms with Gasteiger partial charge in [0.05, 0.1) is 18.5 Å². The summed E-state index contributed by atoms with van der Waals surface area (Å²) in [5, 5.41) is 30.0. The van der Waals surface area contributed by atoms with Gasteiger partial charge in [-0.2, -0.15) is 10.2 Å². The number of nitrogens with zero attached hydrogens (tertiary/aromatic N) is 3. The number of hydroxylamine groups is 2. The van der Waals surface area contributed by atoms with Crippen molar-refractivity contribution in [2.24, 2.45) is 10.2 Å². The number of hydrogen-bond acceptors (Lipinski definition) is 6. The number of hydrogen-bond donors (Lipinski definition) is 2. The van der Waals surface area contributed by atoms with Crippen LogP contribution in [0, 0.1) is 0 Å². The number of azo groups is 1. The second kappa shape index (κ2) is 5.13. The second-order valence-electron chi connectivity index (χ2n) is 4.93. The van der Waals surface area contributed by atoms with Gasteiger partial charge < -0.3 is 9.84 Å². The molecule has 0 bridgehead atoms. The van der Waals surface area contributed by atoms with E-state index in [9.17, 15) is 10.3 Å². The summed E-state index contributed by atoms with van der Waals surface area (Å²) in [5.74, 6) is 0.340. The van der Waals surface area contributed by atoms with Crippen molar-refractivity contribution in [3.63, 3.8) is 0 Å². The van der Waals surface area contributed by atoms with E-state index < -0.39 is 6.17 Å². The lowest BCUT2D eigenvalue weighted by atomic mass is 9.99. The summed E-state index contributed by atoms with van der Waals surface area (Å²) in [6.07, 6.45) is 3.00. The third kappa shape index (κ3) is 2.02. The number of methoxy groups -OCH3 is 1. The summed E-state index contributed by atoms with van der Waals surface area (Å²) in [4.78, 5) is 0. The van der Waals surface area contributed by atoms with Gasteiger partial charge in [-0.25, -0.2) is 5.06 Å². The van der Waals surface area contributed by atoms with E-state index in [-0.39, 0.29) is 5.75 Å². The number of phenolic OH excluding ortho intramolecular Hbond substituents is 1. The van der Waals surface area contributed by atoms with Gasteiger partial charge in [-0.1, -0.05) is 12.1 Å². The Balaban J connectivity index is 1.97. The summed E-state index contributed by atoms with van der Waals surface area (Å²) < 4.78 is 5.08. The second-order valence-corrected chi connectivity index (χ2v) is 4.93. The van der Waals surface area contributed by atoms with E-state index in [1.165, 1.54) is 7.11 Å². The van der Waals surface area contributed by atoms with E-state index >= 15 is 0 Å². The number of allylic oxidation sites excluding steroid dienone is 2. The normalized spacial score (nSPS) is 21.9. The molecule has 0 radical (unpaired) electrons. The highest BCUT2D eigenvalue weighted by atomic mass is 16.5. The Labute approximate surface area is 117 Å². The molecule has 106 valence electrons. The Morgan fingerprint density at radius 3 is 2.90 bits per heavy atom. The zero-order valence-electron chi connectivity index (χ0n) is 11.3. The van der Waals surface area contributed by atoms with Crippen LogP contribution >= 0.6 is 0 Å². The number of rotatable bonds is 2. The first-order valence-electron chi connectivity index (χ1n) is 6.69. The van der Waals surface area contributed by atoms with Crippen LogP contribution in [0.1, 0.15) is 37.4 Å². The molecule has 1 unspecified atom stereocenters. The van der Waals surface area contributed by atoms with Gasteiger partial charge in [0, 0.05) is 5.56 Å². The number of ether oxygens (including phenoxy) is 1. The first-order chi connectivity index (χ1) is 9.72. The Hall–Kier alpha value is -2.08. The molecule has 1 heterocycles. The van der Waals surface area contributed by atoms with E-state index in [0.29, 0.717) is 11.3 Å². The molecule has 0 amide bonds. The topological polar surface area (TPSA) is 77.7 Å². The fraction of sp³-hybridized carbons (Fsp3) is 0.429. The van der Waals surface area contributed by atoms with Gasteiger partial charge in [0.1, 0.15) is 0 Å². The lowest BCUT2D eigenvalue weighted by Gasteiger charge is -2.32. The van der Waals surface area contributed by atoms with Crippen LogP contribution in [0.5, 0.6) is 11.5 Å². The minimum atomic E-state index is -0.720. The molecule has 0 fully saturated rings. The summed E-state index contributed by atoms with van der Waals surface area (Å²) in [7, 11) is 1.49. The van der Waals surface area contributed by atoms with Crippen molar-refractivity contribution in [1.29, 1.82) is 0 Å². The molecule has 20 heavy (non-hydrogen) atoms. The average molecular weight is 275 g/mol. The molecule has 6 nitrogen and oxygen atoms in total. The predicted molar refractivity (Wildman–Crippen MR) is 71.4 cm³/mol. The maximum Gasteiger partial charge on any atom is 0.195 e. The molecule has 2 aliphatic rings. The number of phenols is 1. The van der Waals surface area contributed by atoms with Crippen molar-refractivity contribution in [3.8, 4) is 11.5 Å². The molecule has 1 atom stereocenters. The Morgan fingerprint density at radius 1 is 1.30 bits per heavy atom. The van der Waals surface area contributed by atoms with Gasteiger partial charge in [-0.3, -0.25) is 5.21 Å². The van der Waals surface area contributed by atoms with Crippen LogP contribution in [-0.2, 0) is 0 Å². The van der Waals surface area contributed by atoms with Gasteiger partial charge in [-0.15, -0.1) is 0 Å². The largest absolute Gasteiger partial charge is 0.504 e. The lowest BCUT2D eigenvalue weighted by Crippen LogP contribution is -2.28. The predicted octanol–water partition coefficient (Wildman–Crippen LogP) is 3.34. The zero-order valence-corrected chi connectivity index (χ0v) is 11.3. The monoisotopic (exact) mass is 275 g/mol. The van der Waals surface area contributed by atoms with Crippen LogP contribution in [0.3, 0.4) is 0 Å². The molecule has 1 aliphatic carbocycles. The van der Waals surface area contributed by atoms with Crippen LogP contribution < -0.4 is 4.74 Å². The summed E-state index contributed by atoms with van der Waals surface area (Å²) >= 11 is 0. The molecule has 0 aromatic heterocycles. The van der Waals surface area contributed by atoms with Gasteiger partial charge >= 0.3 is 0 Å². The maximum absolute atomic E-state index is 10.4. The highest BCUT2D eigenvalue weighted by Gasteiger charge is 2.31. The highest BCUT2D eigenvalue weighted by Crippen LogP contribution is 2.42. The Kier molecular flexibility index (Phi) is 3.31. The third-order valence-corrected chi connectivity index (χ3v) is 3.73. The standard InChI is InChI=1S/C14H17N3O3/c1-20-12-8-4-5-9(13(12)18)14-16-15-10-6-2-3-7-11(10)17(14)19/h4-5,8,14,18-19H,2-3,6-7H2,1H3. The lowest BCUT2D eigenvalue weighted by molar-refractivity contribution is -0.104. The van der Waals surface area contributed by atoms with Gasteiger partial charge in [-0.05, 0) is 31.7 Å². The fourth-order valence-electron chi connectivity index (χ4n) is 2.66.